The van der Waals surface area contributed by atoms with E-state index in [-0.39, 0.29) is 5.56 Å². The van der Waals surface area contributed by atoms with Gasteiger partial charge < -0.3 is 21.1 Å². The normalized spacial score (nSPS) is 36.5. The van der Waals surface area contributed by atoms with Gasteiger partial charge in [0, 0.05) is 12.0 Å². The van der Waals surface area contributed by atoms with Gasteiger partial charge in [-0.3, -0.25) is 39.0 Å². The number of amides is 1. The van der Waals surface area contributed by atoms with E-state index >= 15 is 0 Å². The highest BCUT2D eigenvalue weighted by Crippen LogP contribution is 2.55. The number of hydrogen-bond donors (Lipinski definition) is 4. The van der Waals surface area contributed by atoms with Crippen LogP contribution in [0.3, 0.4) is 0 Å². The second-order valence-electron chi connectivity index (χ2n) is 9.52. The predicted molar refractivity (Wildman–Crippen MR) is 114 cm³/mol. The van der Waals surface area contributed by atoms with Crippen molar-refractivity contribution in [2.45, 2.75) is 30.6 Å². The number of phenolic OH excluding ortho intramolecular Hbond substituents is 1. The molecule has 2 saturated carbocycles. The summed E-state index contributed by atoms with van der Waals surface area (Å²) in [6.07, 6.45) is -1.76. The molecule has 3 aliphatic carbocycles. The van der Waals surface area contributed by atoms with Crippen molar-refractivity contribution in [1.29, 1.82) is 0 Å². The number of nitrogens with two attached hydrogens (primary N) is 1. The molecule has 1 amide bonds. The summed E-state index contributed by atoms with van der Waals surface area (Å²) in [5.41, 5.74) is 0.930. The minimum atomic E-state index is -3.12. The molecular weight excluding hydrogens is 466 g/mol. The first-order chi connectivity index (χ1) is 16.2. The van der Waals surface area contributed by atoms with Crippen LogP contribution in [0.1, 0.15) is 28.8 Å². The lowest BCUT2D eigenvalue weighted by Gasteiger charge is -2.55. The summed E-state index contributed by atoms with van der Waals surface area (Å²) < 4.78 is 0. The van der Waals surface area contributed by atoms with Crippen molar-refractivity contribution in [3.05, 3.63) is 33.4 Å². The molecule has 0 aliphatic heterocycles. The molecule has 186 valence electrons. The molecule has 1 aromatic rings. The number of phenols is 1. The number of nitro benzene ring substituents is 1. The second-order valence-corrected chi connectivity index (χ2v) is 9.52. The fourth-order valence-corrected chi connectivity index (χ4v) is 6.13. The highest BCUT2D eigenvalue weighted by molar-refractivity contribution is 6.32. The number of aromatic hydroxyl groups is 1. The Morgan fingerprint density at radius 2 is 1.77 bits per heavy atom. The first-order valence-corrected chi connectivity index (χ1v) is 10.7. The van der Waals surface area contributed by atoms with Crippen LogP contribution in [-0.4, -0.2) is 86.0 Å². The molecule has 8 atom stereocenters. The van der Waals surface area contributed by atoms with E-state index in [1.54, 1.807) is 0 Å². The quantitative estimate of drug-likeness (QED) is 0.213. The van der Waals surface area contributed by atoms with Crippen LogP contribution in [0.4, 0.5) is 5.69 Å². The van der Waals surface area contributed by atoms with Gasteiger partial charge in [0.1, 0.15) is 0 Å². The Morgan fingerprint density at radius 1 is 1.17 bits per heavy atom. The van der Waals surface area contributed by atoms with Crippen molar-refractivity contribution in [2.24, 2.45) is 29.4 Å². The van der Waals surface area contributed by atoms with E-state index in [9.17, 15) is 49.4 Å². The van der Waals surface area contributed by atoms with Crippen LogP contribution >= 0.6 is 0 Å². The van der Waals surface area contributed by atoms with E-state index in [1.807, 2.05) is 0 Å². The molecule has 13 heteroatoms. The smallest absolute Gasteiger partial charge is 0.311 e. The van der Waals surface area contributed by atoms with Gasteiger partial charge in [-0.15, -0.1) is 0 Å². The molecule has 0 saturated heterocycles. The molecule has 0 heterocycles. The molecule has 4 rings (SSSR count). The van der Waals surface area contributed by atoms with Gasteiger partial charge in [0.25, 0.3) is 0 Å². The summed E-state index contributed by atoms with van der Waals surface area (Å²) in [4.78, 5) is 77.0. The zero-order chi connectivity index (χ0) is 26.3. The van der Waals surface area contributed by atoms with E-state index in [2.05, 4.69) is 0 Å². The van der Waals surface area contributed by atoms with E-state index < -0.39 is 98.3 Å². The fraction of sp³-hybridized carbons (Fsp3) is 0.500. The number of carbonyl (C=O) groups excluding carboxylic acids is 5. The van der Waals surface area contributed by atoms with Crippen LogP contribution < -0.4 is 5.73 Å². The van der Waals surface area contributed by atoms with Gasteiger partial charge >= 0.3 is 5.69 Å². The average molecular weight is 489 g/mol. The maximum atomic E-state index is 13.7. The number of aliphatic hydroxyl groups excluding tert-OH is 1. The molecule has 13 nitrogen and oxygen atoms in total. The van der Waals surface area contributed by atoms with Crippen molar-refractivity contribution in [3.63, 3.8) is 0 Å². The Kier molecular flexibility index (Phi) is 5.43. The van der Waals surface area contributed by atoms with Crippen molar-refractivity contribution >= 4 is 34.7 Å². The third-order valence-electron chi connectivity index (χ3n) is 7.66. The average Bonchev–Trinajstić information content (AvgIpc) is 2.75. The lowest BCUT2D eigenvalue weighted by Crippen LogP contribution is -2.77. The predicted octanol–water partition coefficient (Wildman–Crippen LogP) is -1.69. The molecular formula is C22H23N3O10. The van der Waals surface area contributed by atoms with Gasteiger partial charge in [-0.05, 0) is 25.6 Å². The number of nitro groups is 1. The number of hydrogen-bond acceptors (Lipinski definition) is 11. The summed E-state index contributed by atoms with van der Waals surface area (Å²) in [5, 5.41) is 44.6. The summed E-state index contributed by atoms with van der Waals surface area (Å²) in [6.45, 7) is 1.51. The van der Waals surface area contributed by atoms with E-state index in [0.29, 0.717) is 0 Å². The minimum Gasteiger partial charge on any atom is -0.502 e. The first-order valence-electron chi connectivity index (χ1n) is 10.7. The Hall–Kier alpha value is -3.55. The van der Waals surface area contributed by atoms with Gasteiger partial charge in [-0.25, -0.2) is 0 Å². The van der Waals surface area contributed by atoms with Crippen LogP contribution in [0.5, 0.6) is 5.75 Å². The van der Waals surface area contributed by atoms with Crippen molar-refractivity contribution in [3.8, 4) is 5.75 Å². The molecule has 35 heavy (non-hydrogen) atoms. The fourth-order valence-electron chi connectivity index (χ4n) is 6.13. The largest absolute Gasteiger partial charge is 0.502 e. The summed E-state index contributed by atoms with van der Waals surface area (Å²) in [5.74, 6) is -15.3. The van der Waals surface area contributed by atoms with Crippen LogP contribution in [0.25, 0.3) is 0 Å². The molecule has 6 unspecified atom stereocenters. The number of carbonyl (C=O) groups is 5. The van der Waals surface area contributed by atoms with Crippen molar-refractivity contribution in [2.75, 3.05) is 14.1 Å². The number of rotatable bonds is 3. The maximum Gasteiger partial charge on any atom is 0.311 e. The highest BCUT2D eigenvalue weighted by atomic mass is 16.6. The molecule has 0 aromatic heterocycles. The number of primary amides is 1. The van der Waals surface area contributed by atoms with Crippen LogP contribution in [-0.2, 0) is 19.2 Å². The third kappa shape index (κ3) is 2.95. The number of benzene rings is 1. The second kappa shape index (κ2) is 7.73. The number of Topliss-reactive ketones (excluding diaryl/α,β-unsaturated/α-hetero) is 4. The Morgan fingerprint density at radius 3 is 2.29 bits per heavy atom. The van der Waals surface area contributed by atoms with E-state index in [1.165, 1.54) is 32.0 Å². The van der Waals surface area contributed by atoms with Crippen LogP contribution in [0.2, 0.25) is 0 Å². The minimum absolute atomic E-state index is 0.126. The van der Waals surface area contributed by atoms with Crippen LogP contribution in [0.15, 0.2) is 12.1 Å². The zero-order valence-corrected chi connectivity index (χ0v) is 18.9. The summed E-state index contributed by atoms with van der Waals surface area (Å²) >= 11 is 0. The third-order valence-corrected chi connectivity index (χ3v) is 7.66. The SMILES string of the molecule is CC1c2ccc([N+](=O)[O-])c(O)c2C(=O)C2C(=O)[C@]3(O)C(=O)C(C(N)=O)C(=O)[C@@H](N(C)C)C3C(O)C21. The maximum absolute atomic E-state index is 13.7. The number of nitrogens with zero attached hydrogens (tertiary/aromatic N) is 2. The standard InChI is InChI=1S/C22H23N3O10/c1-6-7-4-5-8(25(34)35)15(26)10(7)16(27)11-9(6)17(28)13-14(24(2)3)18(29)12(21(23)32)20(31)22(13,33)19(11)30/h4-6,9,11-14,17,26,28,33H,1-3H3,(H2,23,32)/t6?,9?,11?,12?,13?,14-,17?,22-/m0/s1. The van der Waals surface area contributed by atoms with Gasteiger partial charge in [0.15, 0.2) is 34.7 Å². The molecule has 0 bridgehead atoms. The van der Waals surface area contributed by atoms with Crippen molar-refractivity contribution < 1.29 is 44.2 Å². The Bertz CT molecular complexity index is 1230. The summed E-state index contributed by atoms with van der Waals surface area (Å²) in [7, 11) is 2.78. The highest BCUT2D eigenvalue weighted by Gasteiger charge is 2.73. The molecule has 2 fully saturated rings. The summed E-state index contributed by atoms with van der Waals surface area (Å²) in [6, 6.07) is 0.747. The van der Waals surface area contributed by atoms with Gasteiger partial charge in [-0.1, -0.05) is 13.0 Å². The molecule has 0 spiro atoms. The van der Waals surface area contributed by atoms with E-state index in [4.69, 9.17) is 5.73 Å². The van der Waals surface area contributed by atoms with E-state index in [0.717, 1.165) is 6.07 Å². The molecule has 1 aromatic carbocycles. The van der Waals surface area contributed by atoms with Crippen molar-refractivity contribution in [1.82, 2.24) is 4.90 Å². The number of aliphatic hydroxyl groups is 2. The lowest BCUT2D eigenvalue weighted by atomic mass is 9.49. The monoisotopic (exact) mass is 489 g/mol. The van der Waals surface area contributed by atoms with Gasteiger partial charge in [0.2, 0.25) is 11.7 Å². The zero-order valence-electron chi connectivity index (χ0n) is 18.9. The van der Waals surface area contributed by atoms with Gasteiger partial charge in [-0.2, -0.15) is 0 Å². The Labute approximate surface area is 197 Å². The van der Waals surface area contributed by atoms with Gasteiger partial charge in [0.05, 0.1) is 34.5 Å². The Balaban J connectivity index is 1.97. The number of likely N-dealkylation sites (N-methyl/N-ethyl adjacent to an activating group) is 1. The molecule has 3 aliphatic rings. The molecule has 0 radical (unpaired) electrons. The first kappa shape index (κ1) is 24.6. The topological polar surface area (TPSA) is 218 Å². The number of fused-ring (bicyclic) bond motifs is 3. The van der Waals surface area contributed by atoms with Crippen LogP contribution in [0, 0.1) is 33.8 Å². The number of ketones is 4. The lowest BCUT2D eigenvalue weighted by molar-refractivity contribution is -0.385. The molecule has 5 N–H and O–H groups in total.